The zero-order valence-electron chi connectivity index (χ0n) is 11.6. The van der Waals surface area contributed by atoms with Crippen LogP contribution >= 0.6 is 35.7 Å². The summed E-state index contributed by atoms with van der Waals surface area (Å²) in [5.41, 5.74) is 2.73. The van der Waals surface area contributed by atoms with Crippen LogP contribution in [0.3, 0.4) is 0 Å². The molecule has 0 saturated heterocycles. The van der Waals surface area contributed by atoms with E-state index in [1.54, 1.807) is 0 Å². The fourth-order valence-electron chi connectivity index (χ4n) is 1.83. The standard InChI is InChI=1S/C14H21N3S.HI/c1-12-3-5-13(6-4-12)11-18-10-8-16-14-15-7-9-17(14)2;/h3-6H,7-11H2,1-2H3,(H,15,16);1H. The summed E-state index contributed by atoms with van der Waals surface area (Å²) in [6, 6.07) is 8.78. The van der Waals surface area contributed by atoms with Crippen LogP contribution in [-0.4, -0.2) is 43.3 Å². The number of thioether (sulfide) groups is 1. The van der Waals surface area contributed by atoms with Crippen LogP contribution in [0.25, 0.3) is 0 Å². The minimum Gasteiger partial charge on any atom is -0.355 e. The third-order valence-corrected chi connectivity index (χ3v) is 4.01. The van der Waals surface area contributed by atoms with Gasteiger partial charge in [0.1, 0.15) is 0 Å². The van der Waals surface area contributed by atoms with Crippen LogP contribution in [-0.2, 0) is 5.75 Å². The van der Waals surface area contributed by atoms with Gasteiger partial charge in [0.2, 0.25) is 0 Å². The molecule has 0 amide bonds. The molecule has 0 aromatic heterocycles. The van der Waals surface area contributed by atoms with Gasteiger partial charge in [-0.15, -0.1) is 24.0 Å². The van der Waals surface area contributed by atoms with Crippen molar-refractivity contribution in [1.82, 2.24) is 10.2 Å². The Kier molecular flexibility index (Phi) is 7.60. The molecule has 1 aliphatic rings. The highest BCUT2D eigenvalue weighted by Crippen LogP contribution is 2.12. The molecule has 0 fully saturated rings. The van der Waals surface area contributed by atoms with Crippen LogP contribution in [0, 0.1) is 6.92 Å². The van der Waals surface area contributed by atoms with E-state index in [0.29, 0.717) is 0 Å². The van der Waals surface area contributed by atoms with Crippen molar-refractivity contribution in [3.8, 4) is 0 Å². The molecule has 0 aliphatic carbocycles. The Morgan fingerprint density at radius 2 is 2.05 bits per heavy atom. The Hall–Kier alpha value is -0.430. The van der Waals surface area contributed by atoms with E-state index in [1.165, 1.54) is 11.1 Å². The minimum absolute atomic E-state index is 0. The topological polar surface area (TPSA) is 27.6 Å². The van der Waals surface area contributed by atoms with Crippen LogP contribution in [0.15, 0.2) is 29.3 Å². The fraction of sp³-hybridized carbons (Fsp3) is 0.500. The maximum absolute atomic E-state index is 4.40. The van der Waals surface area contributed by atoms with E-state index in [9.17, 15) is 0 Å². The Bertz CT molecular complexity index is 406. The van der Waals surface area contributed by atoms with Crippen molar-refractivity contribution >= 4 is 41.7 Å². The van der Waals surface area contributed by atoms with Crippen molar-refractivity contribution in [1.29, 1.82) is 0 Å². The number of halogens is 1. The van der Waals surface area contributed by atoms with Crippen LogP contribution in [0.2, 0.25) is 0 Å². The quantitative estimate of drug-likeness (QED) is 0.618. The monoisotopic (exact) mass is 391 g/mol. The zero-order chi connectivity index (χ0) is 12.8. The lowest BCUT2D eigenvalue weighted by Crippen LogP contribution is -2.36. The number of guanidine groups is 1. The molecule has 106 valence electrons. The molecular formula is C14H22IN3S. The van der Waals surface area contributed by atoms with Gasteiger partial charge in [-0.25, -0.2) is 0 Å². The van der Waals surface area contributed by atoms with Gasteiger partial charge in [0.05, 0.1) is 6.54 Å². The number of benzene rings is 1. The molecule has 3 nitrogen and oxygen atoms in total. The highest BCUT2D eigenvalue weighted by Gasteiger charge is 2.10. The van der Waals surface area contributed by atoms with Gasteiger partial charge < -0.3 is 10.2 Å². The molecular weight excluding hydrogens is 369 g/mol. The van der Waals surface area contributed by atoms with E-state index in [1.807, 2.05) is 11.8 Å². The van der Waals surface area contributed by atoms with E-state index in [2.05, 4.69) is 53.4 Å². The number of hydrogen-bond donors (Lipinski definition) is 1. The number of likely N-dealkylation sites (N-methyl/N-ethyl adjacent to an activating group) is 1. The average molecular weight is 391 g/mol. The molecule has 1 heterocycles. The molecule has 1 aliphatic heterocycles. The number of hydrogen-bond acceptors (Lipinski definition) is 4. The second-order valence-electron chi connectivity index (χ2n) is 4.59. The molecule has 5 heteroatoms. The van der Waals surface area contributed by atoms with Crippen LogP contribution in [0.1, 0.15) is 11.1 Å². The lowest BCUT2D eigenvalue weighted by molar-refractivity contribution is 0.537. The summed E-state index contributed by atoms with van der Waals surface area (Å²) < 4.78 is 0. The lowest BCUT2D eigenvalue weighted by Gasteiger charge is -2.14. The van der Waals surface area contributed by atoms with Crippen molar-refractivity contribution in [2.75, 3.05) is 32.4 Å². The van der Waals surface area contributed by atoms with E-state index in [-0.39, 0.29) is 24.0 Å². The molecule has 0 saturated carbocycles. The predicted octanol–water partition coefficient (Wildman–Crippen LogP) is 2.74. The Morgan fingerprint density at radius 1 is 1.32 bits per heavy atom. The lowest BCUT2D eigenvalue weighted by atomic mass is 10.2. The summed E-state index contributed by atoms with van der Waals surface area (Å²) in [5.74, 6) is 3.25. The summed E-state index contributed by atoms with van der Waals surface area (Å²) in [5, 5.41) is 3.38. The summed E-state index contributed by atoms with van der Waals surface area (Å²) in [6.07, 6.45) is 0. The minimum atomic E-state index is 0. The number of aliphatic imine (C=N–C) groups is 1. The molecule has 0 radical (unpaired) electrons. The fourth-order valence-corrected chi connectivity index (χ4v) is 2.65. The highest BCUT2D eigenvalue weighted by molar-refractivity contribution is 14.0. The normalized spacial score (nSPS) is 14.0. The molecule has 0 unspecified atom stereocenters. The first-order valence-corrected chi connectivity index (χ1v) is 7.54. The number of aryl methyl sites for hydroxylation is 1. The van der Waals surface area contributed by atoms with Gasteiger partial charge in [-0.1, -0.05) is 29.8 Å². The molecule has 0 atom stereocenters. The Balaban J connectivity index is 0.00000180. The molecule has 19 heavy (non-hydrogen) atoms. The van der Waals surface area contributed by atoms with Crippen LogP contribution < -0.4 is 5.32 Å². The van der Waals surface area contributed by atoms with Gasteiger partial charge in [-0.2, -0.15) is 11.8 Å². The van der Waals surface area contributed by atoms with Gasteiger partial charge in [0.15, 0.2) is 5.96 Å². The van der Waals surface area contributed by atoms with E-state index >= 15 is 0 Å². The first-order chi connectivity index (χ1) is 8.75. The first kappa shape index (κ1) is 16.6. The van der Waals surface area contributed by atoms with E-state index in [0.717, 1.165) is 37.1 Å². The molecule has 1 N–H and O–H groups in total. The molecule has 1 aromatic rings. The maximum Gasteiger partial charge on any atom is 0.193 e. The van der Waals surface area contributed by atoms with E-state index < -0.39 is 0 Å². The third kappa shape index (κ3) is 5.60. The van der Waals surface area contributed by atoms with Crippen molar-refractivity contribution in [2.45, 2.75) is 12.7 Å². The molecule has 0 bridgehead atoms. The van der Waals surface area contributed by atoms with Gasteiger partial charge in [0, 0.05) is 31.6 Å². The number of rotatable bonds is 5. The smallest absolute Gasteiger partial charge is 0.193 e. The van der Waals surface area contributed by atoms with E-state index in [4.69, 9.17) is 0 Å². The first-order valence-electron chi connectivity index (χ1n) is 6.38. The van der Waals surface area contributed by atoms with Gasteiger partial charge >= 0.3 is 0 Å². The zero-order valence-corrected chi connectivity index (χ0v) is 14.7. The SMILES string of the molecule is Cc1ccc(CSCCNC2=NCCN2C)cc1.I. The summed E-state index contributed by atoms with van der Waals surface area (Å²) >= 11 is 1.96. The number of nitrogens with zero attached hydrogens (tertiary/aromatic N) is 2. The van der Waals surface area contributed by atoms with Crippen molar-refractivity contribution < 1.29 is 0 Å². The predicted molar refractivity (Wildman–Crippen MR) is 95.7 cm³/mol. The van der Waals surface area contributed by atoms with Crippen molar-refractivity contribution in [3.05, 3.63) is 35.4 Å². The Morgan fingerprint density at radius 3 is 2.68 bits per heavy atom. The van der Waals surface area contributed by atoms with Crippen LogP contribution in [0.5, 0.6) is 0 Å². The van der Waals surface area contributed by atoms with Crippen LogP contribution in [0.4, 0.5) is 0 Å². The van der Waals surface area contributed by atoms with Gasteiger partial charge in [-0.3, -0.25) is 4.99 Å². The van der Waals surface area contributed by atoms with Crippen molar-refractivity contribution in [2.24, 2.45) is 4.99 Å². The Labute approximate surface area is 137 Å². The maximum atomic E-state index is 4.40. The van der Waals surface area contributed by atoms with Gasteiger partial charge in [-0.05, 0) is 12.5 Å². The second kappa shape index (κ2) is 8.68. The summed E-state index contributed by atoms with van der Waals surface area (Å²) in [4.78, 5) is 6.58. The molecule has 2 rings (SSSR count). The molecule has 0 spiro atoms. The highest BCUT2D eigenvalue weighted by atomic mass is 127. The number of nitrogens with one attached hydrogen (secondary N) is 1. The summed E-state index contributed by atoms with van der Waals surface area (Å²) in [7, 11) is 2.08. The molecule has 1 aromatic carbocycles. The second-order valence-corrected chi connectivity index (χ2v) is 5.70. The summed E-state index contributed by atoms with van der Waals surface area (Å²) in [6.45, 7) is 5.08. The largest absolute Gasteiger partial charge is 0.355 e. The third-order valence-electron chi connectivity index (χ3n) is 2.98. The average Bonchev–Trinajstić information content (AvgIpc) is 2.77. The van der Waals surface area contributed by atoms with Crippen molar-refractivity contribution in [3.63, 3.8) is 0 Å². The van der Waals surface area contributed by atoms with Gasteiger partial charge in [0.25, 0.3) is 0 Å².